The summed E-state index contributed by atoms with van der Waals surface area (Å²) in [5.74, 6) is 0. The Hall–Kier alpha value is -2.48. The Morgan fingerprint density at radius 1 is 1.10 bits per heavy atom. The van der Waals surface area contributed by atoms with Crippen LogP contribution in [0.2, 0.25) is 0 Å². The van der Waals surface area contributed by atoms with Crippen LogP contribution in [0.5, 0.6) is 0 Å². The van der Waals surface area contributed by atoms with E-state index in [4.69, 9.17) is 5.26 Å². The third-order valence-corrected chi connectivity index (χ3v) is 3.33. The van der Waals surface area contributed by atoms with E-state index < -0.39 is 17.3 Å². The lowest BCUT2D eigenvalue weighted by atomic mass is 10.1. The number of benzene rings is 2. The van der Waals surface area contributed by atoms with Crippen molar-refractivity contribution in [3.63, 3.8) is 0 Å². The molecule has 0 spiro atoms. The maximum Gasteiger partial charge on any atom is 0.417 e. The SMILES string of the molecule is Cc1cccc(Nc2ccc(C(F)(F)F)c(C#N)c2)c1C. The Morgan fingerprint density at radius 2 is 1.81 bits per heavy atom. The van der Waals surface area contributed by atoms with E-state index in [0.717, 1.165) is 22.9 Å². The van der Waals surface area contributed by atoms with Crippen molar-refractivity contribution in [1.29, 1.82) is 5.26 Å². The molecule has 108 valence electrons. The van der Waals surface area contributed by atoms with E-state index in [-0.39, 0.29) is 0 Å². The molecule has 2 aromatic rings. The monoisotopic (exact) mass is 290 g/mol. The molecule has 0 fully saturated rings. The van der Waals surface area contributed by atoms with E-state index in [1.807, 2.05) is 32.0 Å². The molecule has 0 radical (unpaired) electrons. The zero-order chi connectivity index (χ0) is 15.6. The first kappa shape index (κ1) is 14.9. The quantitative estimate of drug-likeness (QED) is 0.850. The van der Waals surface area contributed by atoms with Crippen molar-refractivity contribution < 1.29 is 13.2 Å². The van der Waals surface area contributed by atoms with Gasteiger partial charge in [-0.25, -0.2) is 0 Å². The fourth-order valence-electron chi connectivity index (χ4n) is 2.00. The number of nitrogens with zero attached hydrogens (tertiary/aromatic N) is 1. The summed E-state index contributed by atoms with van der Waals surface area (Å²) >= 11 is 0. The van der Waals surface area contributed by atoms with Crippen LogP contribution >= 0.6 is 0 Å². The van der Waals surface area contributed by atoms with Gasteiger partial charge in [-0.15, -0.1) is 0 Å². The zero-order valence-corrected chi connectivity index (χ0v) is 11.5. The summed E-state index contributed by atoms with van der Waals surface area (Å²) in [6.07, 6.45) is -4.52. The van der Waals surface area contributed by atoms with Gasteiger partial charge < -0.3 is 5.32 Å². The van der Waals surface area contributed by atoms with Crippen LogP contribution in [0.1, 0.15) is 22.3 Å². The largest absolute Gasteiger partial charge is 0.417 e. The van der Waals surface area contributed by atoms with Gasteiger partial charge in [-0.2, -0.15) is 18.4 Å². The predicted octanol–water partition coefficient (Wildman–Crippen LogP) is 4.94. The minimum Gasteiger partial charge on any atom is -0.355 e. The molecule has 0 bridgehead atoms. The molecular formula is C16H13F3N2. The van der Waals surface area contributed by atoms with Crippen LogP contribution in [0.3, 0.4) is 0 Å². The maximum absolute atomic E-state index is 12.7. The topological polar surface area (TPSA) is 35.8 Å². The van der Waals surface area contributed by atoms with Crippen LogP contribution in [0.25, 0.3) is 0 Å². The molecule has 2 rings (SSSR count). The average molecular weight is 290 g/mol. The number of alkyl halides is 3. The lowest BCUT2D eigenvalue weighted by Gasteiger charge is -2.14. The molecule has 0 amide bonds. The molecule has 0 aliphatic rings. The Morgan fingerprint density at radius 3 is 2.43 bits per heavy atom. The highest BCUT2D eigenvalue weighted by molar-refractivity contribution is 5.66. The molecule has 0 aliphatic heterocycles. The van der Waals surface area contributed by atoms with Crippen molar-refractivity contribution in [2.75, 3.05) is 5.32 Å². The van der Waals surface area contributed by atoms with Gasteiger partial charge in [-0.05, 0) is 49.2 Å². The fourth-order valence-corrected chi connectivity index (χ4v) is 2.00. The molecule has 0 heterocycles. The van der Waals surface area contributed by atoms with Gasteiger partial charge in [0.2, 0.25) is 0 Å². The average Bonchev–Trinajstić information content (AvgIpc) is 2.42. The van der Waals surface area contributed by atoms with Crippen molar-refractivity contribution in [1.82, 2.24) is 0 Å². The second-order valence-corrected chi connectivity index (χ2v) is 4.74. The van der Waals surface area contributed by atoms with E-state index in [9.17, 15) is 13.2 Å². The van der Waals surface area contributed by atoms with Crippen LogP contribution in [-0.4, -0.2) is 0 Å². The van der Waals surface area contributed by atoms with Crippen LogP contribution in [-0.2, 0) is 6.18 Å². The summed E-state index contributed by atoms with van der Waals surface area (Å²) in [5, 5.41) is 11.9. The van der Waals surface area contributed by atoms with Gasteiger partial charge in [-0.3, -0.25) is 0 Å². The second kappa shape index (κ2) is 5.49. The summed E-state index contributed by atoms with van der Waals surface area (Å²) in [7, 11) is 0. The number of anilines is 2. The van der Waals surface area contributed by atoms with Crippen molar-refractivity contribution in [3.8, 4) is 6.07 Å². The van der Waals surface area contributed by atoms with Crippen molar-refractivity contribution >= 4 is 11.4 Å². The molecule has 0 aliphatic carbocycles. The van der Waals surface area contributed by atoms with E-state index in [1.165, 1.54) is 12.1 Å². The molecule has 0 unspecified atom stereocenters. The van der Waals surface area contributed by atoms with Crippen molar-refractivity contribution in [3.05, 3.63) is 58.7 Å². The Bertz CT molecular complexity index is 712. The van der Waals surface area contributed by atoms with Crippen molar-refractivity contribution in [2.45, 2.75) is 20.0 Å². The summed E-state index contributed by atoms with van der Waals surface area (Å²) in [6, 6.07) is 10.7. The van der Waals surface area contributed by atoms with E-state index >= 15 is 0 Å². The smallest absolute Gasteiger partial charge is 0.355 e. The third-order valence-electron chi connectivity index (χ3n) is 3.33. The molecule has 5 heteroatoms. The lowest BCUT2D eigenvalue weighted by Crippen LogP contribution is -2.08. The number of nitriles is 1. The van der Waals surface area contributed by atoms with Crippen LogP contribution in [0.4, 0.5) is 24.5 Å². The number of rotatable bonds is 2. The van der Waals surface area contributed by atoms with E-state index in [0.29, 0.717) is 5.69 Å². The molecule has 0 saturated heterocycles. The molecule has 21 heavy (non-hydrogen) atoms. The molecule has 0 atom stereocenters. The van der Waals surface area contributed by atoms with Gasteiger partial charge in [0.15, 0.2) is 0 Å². The van der Waals surface area contributed by atoms with E-state index in [1.54, 1.807) is 6.07 Å². The van der Waals surface area contributed by atoms with E-state index in [2.05, 4.69) is 5.32 Å². The zero-order valence-electron chi connectivity index (χ0n) is 11.5. The number of nitrogens with one attached hydrogen (secondary N) is 1. The van der Waals surface area contributed by atoms with Gasteiger partial charge in [0, 0.05) is 11.4 Å². The van der Waals surface area contributed by atoms with Gasteiger partial charge in [0.25, 0.3) is 0 Å². The first-order valence-electron chi connectivity index (χ1n) is 6.27. The standard InChI is InChI=1S/C16H13F3N2/c1-10-4-3-5-15(11(10)2)21-13-6-7-14(16(17,18)19)12(8-13)9-20/h3-8,21H,1-2H3. The van der Waals surface area contributed by atoms with Gasteiger partial charge >= 0.3 is 6.18 Å². The summed E-state index contributed by atoms with van der Waals surface area (Å²) in [5.41, 5.74) is 2.03. The molecule has 2 aromatic carbocycles. The molecule has 1 N–H and O–H groups in total. The number of halogens is 3. The first-order valence-corrected chi connectivity index (χ1v) is 6.27. The fraction of sp³-hybridized carbons (Fsp3) is 0.188. The number of hydrogen-bond donors (Lipinski definition) is 1. The lowest BCUT2D eigenvalue weighted by molar-refractivity contribution is -0.137. The highest BCUT2D eigenvalue weighted by atomic mass is 19.4. The second-order valence-electron chi connectivity index (χ2n) is 4.74. The minimum atomic E-state index is -4.52. The molecule has 0 saturated carbocycles. The summed E-state index contributed by atoms with van der Waals surface area (Å²) < 4.78 is 38.2. The Labute approximate surface area is 120 Å². The van der Waals surface area contributed by atoms with Crippen LogP contribution in [0.15, 0.2) is 36.4 Å². The van der Waals surface area contributed by atoms with Gasteiger partial charge in [-0.1, -0.05) is 12.1 Å². The first-order chi connectivity index (χ1) is 9.82. The molecular weight excluding hydrogens is 277 g/mol. The highest BCUT2D eigenvalue weighted by Gasteiger charge is 2.33. The minimum absolute atomic E-state index is 0.391. The van der Waals surface area contributed by atoms with Gasteiger partial charge in [0.1, 0.15) is 0 Å². The van der Waals surface area contributed by atoms with Crippen molar-refractivity contribution in [2.24, 2.45) is 0 Å². The number of aryl methyl sites for hydroxylation is 1. The van der Waals surface area contributed by atoms with Crippen LogP contribution in [0, 0.1) is 25.2 Å². The third kappa shape index (κ3) is 3.16. The predicted molar refractivity (Wildman–Crippen MR) is 75.4 cm³/mol. The number of hydrogen-bond acceptors (Lipinski definition) is 2. The Kier molecular flexibility index (Phi) is 3.90. The summed E-state index contributed by atoms with van der Waals surface area (Å²) in [6.45, 7) is 3.88. The summed E-state index contributed by atoms with van der Waals surface area (Å²) in [4.78, 5) is 0. The molecule has 0 aromatic heterocycles. The van der Waals surface area contributed by atoms with Gasteiger partial charge in [0.05, 0.1) is 17.2 Å². The normalized spacial score (nSPS) is 11.0. The highest BCUT2D eigenvalue weighted by Crippen LogP contribution is 2.33. The molecule has 2 nitrogen and oxygen atoms in total. The van der Waals surface area contributed by atoms with Crippen LogP contribution < -0.4 is 5.32 Å². The maximum atomic E-state index is 12.7. The Balaban J connectivity index is 2.39.